The number of hydrogen-bond acceptors (Lipinski definition) is 17. The normalized spacial score (nSPS) is 11.0. The molecular weight excluding hydrogens is 1480 g/mol. The molecule has 110 heavy (non-hydrogen) atoms. The number of nitrogens with one attached hydrogen (secondary N) is 5. The van der Waals surface area contributed by atoms with E-state index in [4.69, 9.17) is 46.0 Å². The first-order valence-corrected chi connectivity index (χ1v) is 36.0. The Kier molecular flexibility index (Phi) is 23.0. The van der Waals surface area contributed by atoms with Crippen molar-refractivity contribution < 1.29 is 73.7 Å². The Balaban J connectivity index is 0.000000136. The number of hydrogen-bond donors (Lipinski definition) is 13. The Morgan fingerprint density at radius 1 is 0.400 bits per heavy atom. The van der Waals surface area contributed by atoms with E-state index < -0.39 is 91.6 Å². The predicted octanol–water partition coefficient (Wildman–Crippen LogP) is 15.7. The van der Waals surface area contributed by atoms with E-state index in [1.807, 2.05) is 127 Å². The number of H-pyrrole nitrogens is 5. The number of fused-ring (bicyclic) bond motifs is 5. The Morgan fingerprint density at radius 2 is 0.736 bits per heavy atom. The molecule has 0 radical (unpaired) electrons. The quantitative estimate of drug-likeness (QED) is 0.0453. The van der Waals surface area contributed by atoms with Crippen LogP contribution in [0.1, 0.15) is 114 Å². The van der Waals surface area contributed by atoms with Crippen molar-refractivity contribution in [2.24, 2.45) is 7.05 Å². The first-order valence-electron chi connectivity index (χ1n) is 33.9. The van der Waals surface area contributed by atoms with Crippen molar-refractivity contribution in [2.75, 3.05) is 0 Å². The fourth-order valence-electron chi connectivity index (χ4n) is 12.8. The van der Waals surface area contributed by atoms with Crippen molar-refractivity contribution in [2.45, 2.75) is 66.7 Å². The summed E-state index contributed by atoms with van der Waals surface area (Å²) in [4.78, 5) is 128. The van der Waals surface area contributed by atoms with Crippen LogP contribution in [0.4, 0.5) is 0 Å². The topological polar surface area (TPSA) is 443 Å². The Labute approximate surface area is 633 Å². The number of carboxylic acid groups (broad SMARTS) is 5. The molecule has 0 amide bonds. The lowest BCUT2D eigenvalue weighted by Crippen LogP contribution is -2.20. The van der Waals surface area contributed by atoms with Crippen molar-refractivity contribution in [1.29, 1.82) is 0 Å². The zero-order valence-corrected chi connectivity index (χ0v) is 61.6. The molecule has 13 N–H and O–H groups in total. The molecule has 0 aliphatic rings. The van der Waals surface area contributed by atoms with Crippen LogP contribution in [0, 0.1) is 0 Å². The maximum atomic E-state index is 12.1. The molecule has 15 aromatic rings. The molecule has 0 saturated carbocycles. The van der Waals surface area contributed by atoms with E-state index in [0.717, 1.165) is 70.5 Å². The molecular formula is C81H67ClN6O20S2. The molecule has 10 heterocycles. The number of aromatic carboxylic acids is 5. The molecule has 0 unspecified atom stereocenters. The second-order valence-electron chi connectivity index (χ2n) is 24.7. The third-order valence-electron chi connectivity index (χ3n) is 18.2. The molecule has 10 aromatic heterocycles. The summed E-state index contributed by atoms with van der Waals surface area (Å²) in [5.74, 6) is -8.22. The third kappa shape index (κ3) is 15.7. The van der Waals surface area contributed by atoms with E-state index in [0.29, 0.717) is 99.0 Å². The van der Waals surface area contributed by atoms with Gasteiger partial charge in [-0.15, -0.1) is 22.7 Å². The maximum absolute atomic E-state index is 12.1. The summed E-state index contributed by atoms with van der Waals surface area (Å²) in [5.41, 5.74) is 5.61. The molecule has 0 spiro atoms. The van der Waals surface area contributed by atoms with E-state index in [9.17, 15) is 63.3 Å². The van der Waals surface area contributed by atoms with E-state index in [2.05, 4.69) is 24.9 Å². The van der Waals surface area contributed by atoms with Crippen LogP contribution < -0.4 is 27.8 Å². The van der Waals surface area contributed by atoms with Gasteiger partial charge >= 0.3 is 29.8 Å². The predicted molar refractivity (Wildman–Crippen MR) is 421 cm³/mol. The highest BCUT2D eigenvalue weighted by atomic mass is 35.5. The number of aromatic nitrogens is 6. The monoisotopic (exact) mass is 1540 g/mol. The van der Waals surface area contributed by atoms with Crippen LogP contribution >= 0.6 is 34.3 Å². The SMILES string of the molecule is CCc1c(-c2ccc3c(c2)c(Cl)cn3C)[nH]c(=O)c(C(=O)O)c1O.CCc1c(-c2ccc3occc3c2)[nH]c(=O)c(C(=O)O)c1O.CCc1c(-c2ccc3sccc3c2)[nH]c(=O)c(C(=O)O)c1O.CCc1cc(C(=O)O)c(=O)[nH]c1-c1ccc2occc2c1.CCc1cc(C(=O)O)c(=O)[nH]c1-c1ccc2sccc2c1. The molecule has 0 saturated heterocycles. The second-order valence-corrected chi connectivity index (χ2v) is 27.0. The first-order chi connectivity index (χ1) is 52.6. The van der Waals surface area contributed by atoms with Crippen molar-refractivity contribution in [3.8, 4) is 73.5 Å². The number of aryl methyl sites for hydroxylation is 3. The lowest BCUT2D eigenvalue weighted by atomic mass is 9.99. The summed E-state index contributed by atoms with van der Waals surface area (Å²) in [7, 11) is 1.88. The van der Waals surface area contributed by atoms with Crippen LogP contribution in [-0.2, 0) is 39.2 Å². The molecule has 0 atom stereocenters. The van der Waals surface area contributed by atoms with Gasteiger partial charge in [0.05, 0.1) is 46.0 Å². The van der Waals surface area contributed by atoms with Crippen LogP contribution in [0.15, 0.2) is 190 Å². The zero-order chi connectivity index (χ0) is 79.3. The van der Waals surface area contributed by atoms with Crippen LogP contribution in [0.2, 0.25) is 5.02 Å². The molecule has 0 aliphatic carbocycles. The second kappa shape index (κ2) is 32.7. The van der Waals surface area contributed by atoms with Crippen LogP contribution in [-0.4, -0.2) is 100 Å². The average molecular weight is 1540 g/mol. The molecule has 5 aromatic carbocycles. The number of benzene rings is 5. The van der Waals surface area contributed by atoms with Gasteiger partial charge in [-0.25, -0.2) is 24.0 Å². The smallest absolute Gasteiger partial charge is 0.345 e. The number of thiophene rings is 2. The van der Waals surface area contributed by atoms with Crippen molar-refractivity contribution in [1.82, 2.24) is 29.5 Å². The number of nitrogens with zero attached hydrogens (tertiary/aromatic N) is 1. The minimum Gasteiger partial charge on any atom is -0.506 e. The number of aromatic amines is 5. The molecule has 0 fully saturated rings. The third-order valence-corrected chi connectivity index (χ3v) is 20.3. The highest BCUT2D eigenvalue weighted by Crippen LogP contribution is 2.38. The molecule has 560 valence electrons. The van der Waals surface area contributed by atoms with Gasteiger partial charge in [-0.1, -0.05) is 64.4 Å². The minimum atomic E-state index is -1.46. The Bertz CT molecular complexity index is 6190. The summed E-state index contributed by atoms with van der Waals surface area (Å²) in [6, 6.07) is 38.6. The summed E-state index contributed by atoms with van der Waals surface area (Å²) in [5, 5.41) is 85.1. The van der Waals surface area contributed by atoms with E-state index in [-0.39, 0.29) is 11.1 Å². The summed E-state index contributed by atoms with van der Waals surface area (Å²) >= 11 is 9.50. The molecule has 0 bridgehead atoms. The van der Waals surface area contributed by atoms with Gasteiger partial charge in [-0.2, -0.15) is 0 Å². The highest BCUT2D eigenvalue weighted by Gasteiger charge is 2.26. The van der Waals surface area contributed by atoms with Crippen LogP contribution in [0.5, 0.6) is 17.2 Å². The van der Waals surface area contributed by atoms with Gasteiger partial charge in [0, 0.05) is 61.0 Å². The van der Waals surface area contributed by atoms with E-state index >= 15 is 0 Å². The number of carboxylic acids is 5. The van der Waals surface area contributed by atoms with Gasteiger partial charge < -0.3 is 79.2 Å². The number of carbonyl (C=O) groups is 5. The maximum Gasteiger partial charge on any atom is 0.345 e. The molecule has 15 rings (SSSR count). The fraction of sp³-hybridized carbons (Fsp3) is 0.136. The summed E-state index contributed by atoms with van der Waals surface area (Å²) < 4.78 is 14.7. The number of furan rings is 2. The Hall–Kier alpha value is -13.6. The largest absolute Gasteiger partial charge is 0.506 e. The molecule has 26 nitrogen and oxygen atoms in total. The summed E-state index contributed by atoms with van der Waals surface area (Å²) in [6.07, 6.45) is 7.35. The van der Waals surface area contributed by atoms with Gasteiger partial charge in [0.25, 0.3) is 27.8 Å². The van der Waals surface area contributed by atoms with Crippen LogP contribution in [0.3, 0.4) is 0 Å². The Morgan fingerprint density at radius 3 is 1.09 bits per heavy atom. The van der Waals surface area contributed by atoms with Crippen molar-refractivity contribution in [3.05, 3.63) is 269 Å². The fourth-order valence-corrected chi connectivity index (χ4v) is 14.6. The van der Waals surface area contributed by atoms with Gasteiger partial charge in [-0.3, -0.25) is 24.0 Å². The van der Waals surface area contributed by atoms with Gasteiger partial charge in [0.15, 0.2) is 16.7 Å². The summed E-state index contributed by atoms with van der Waals surface area (Å²) in [6.45, 7) is 9.20. The lowest BCUT2D eigenvalue weighted by Gasteiger charge is -2.12. The van der Waals surface area contributed by atoms with Gasteiger partial charge in [0.2, 0.25) is 0 Å². The van der Waals surface area contributed by atoms with Crippen molar-refractivity contribution >= 4 is 117 Å². The standard InChI is InChI=1S/C17H15ClN2O4.C16H13NO5.C16H13NO4S.C16H13NO4.C16H13NO3S/c1-3-9-14(19-16(22)13(15(9)21)17(23)24)8-4-5-12-10(6-8)11(18)7-20(12)2;2*1-2-10-13(17-15(19)12(14(10)18)16(20)21)9-3-4-11-8(7-9)5-6-22-11;2*1-2-9-8-12(16(19)20)15(18)17-14(9)11-3-4-13-10(7-11)5-6-21-13/h4-7H,3H2,1-2H3,(H,23,24)(H2,19,21,22);2*3-7H,2H2,1H3,(H,20,21)(H2,17,18,19);2*3-8H,2H2,1H3,(H,17,18)(H,19,20). The molecule has 0 aliphatic heterocycles. The minimum absolute atomic E-state index is 0.216. The van der Waals surface area contributed by atoms with Crippen LogP contribution in [0.25, 0.3) is 109 Å². The number of aromatic hydroxyl groups is 3. The van der Waals surface area contributed by atoms with Gasteiger partial charge in [-0.05, 0) is 202 Å². The highest BCUT2D eigenvalue weighted by molar-refractivity contribution is 7.17. The number of halogens is 1. The number of pyridine rings is 5. The van der Waals surface area contributed by atoms with Gasteiger partial charge in [0.1, 0.15) is 39.5 Å². The first kappa shape index (κ1) is 77.5. The van der Waals surface area contributed by atoms with Crippen molar-refractivity contribution in [3.63, 3.8) is 0 Å². The van der Waals surface area contributed by atoms with E-state index in [1.54, 1.807) is 86.4 Å². The average Bonchev–Trinajstić information content (AvgIpc) is 0.834. The number of rotatable bonds is 15. The molecule has 29 heteroatoms. The zero-order valence-electron chi connectivity index (χ0n) is 59.2. The lowest BCUT2D eigenvalue weighted by molar-refractivity contribution is 0.0680. The van der Waals surface area contributed by atoms with E-state index in [1.165, 1.54) is 16.8 Å².